The standard InChI is InChI=1S/C15H19FO2/c1-12(2)7-9-18-11-14-5-6-15(16)10-13(14)4-3-8-17/h5-6,10,12,17H,7-9,11H2,1-2H3. The largest absolute Gasteiger partial charge is 0.384 e. The van der Waals surface area contributed by atoms with Gasteiger partial charge in [0.15, 0.2) is 0 Å². The smallest absolute Gasteiger partial charge is 0.124 e. The van der Waals surface area contributed by atoms with Crippen molar-refractivity contribution in [3.05, 3.63) is 35.1 Å². The highest BCUT2D eigenvalue weighted by atomic mass is 19.1. The fourth-order valence-corrected chi connectivity index (χ4v) is 1.43. The summed E-state index contributed by atoms with van der Waals surface area (Å²) in [6.07, 6.45) is 0.999. The summed E-state index contributed by atoms with van der Waals surface area (Å²) >= 11 is 0. The fourth-order valence-electron chi connectivity index (χ4n) is 1.43. The Morgan fingerprint density at radius 3 is 2.83 bits per heavy atom. The van der Waals surface area contributed by atoms with Crippen LogP contribution < -0.4 is 0 Å². The van der Waals surface area contributed by atoms with Gasteiger partial charge in [0.1, 0.15) is 12.4 Å². The molecule has 0 saturated carbocycles. The summed E-state index contributed by atoms with van der Waals surface area (Å²) in [7, 11) is 0. The maximum atomic E-state index is 13.1. The van der Waals surface area contributed by atoms with Crippen LogP contribution in [0.3, 0.4) is 0 Å². The lowest BCUT2D eigenvalue weighted by Crippen LogP contribution is -2.01. The van der Waals surface area contributed by atoms with E-state index in [1.807, 2.05) is 0 Å². The van der Waals surface area contributed by atoms with Gasteiger partial charge in [-0.1, -0.05) is 31.8 Å². The van der Waals surface area contributed by atoms with Crippen molar-refractivity contribution in [1.29, 1.82) is 0 Å². The second-order valence-corrected chi connectivity index (χ2v) is 4.50. The van der Waals surface area contributed by atoms with Crippen LogP contribution >= 0.6 is 0 Å². The summed E-state index contributed by atoms with van der Waals surface area (Å²) in [5.41, 5.74) is 1.43. The molecule has 0 radical (unpaired) electrons. The first-order valence-electron chi connectivity index (χ1n) is 6.09. The zero-order chi connectivity index (χ0) is 13.4. The summed E-state index contributed by atoms with van der Waals surface area (Å²) in [5, 5.41) is 8.66. The minimum absolute atomic E-state index is 0.232. The Balaban J connectivity index is 2.63. The van der Waals surface area contributed by atoms with Crippen LogP contribution in [-0.2, 0) is 11.3 Å². The lowest BCUT2D eigenvalue weighted by Gasteiger charge is -2.08. The first-order chi connectivity index (χ1) is 8.63. The molecule has 0 aliphatic rings. The number of rotatable bonds is 5. The third-order valence-corrected chi connectivity index (χ3v) is 2.47. The summed E-state index contributed by atoms with van der Waals surface area (Å²) in [5.74, 6) is 5.53. The Bertz CT molecular complexity index is 430. The van der Waals surface area contributed by atoms with Crippen molar-refractivity contribution in [2.45, 2.75) is 26.9 Å². The van der Waals surface area contributed by atoms with Gasteiger partial charge in [0.05, 0.1) is 6.61 Å². The molecule has 18 heavy (non-hydrogen) atoms. The van der Waals surface area contributed by atoms with Gasteiger partial charge in [0.25, 0.3) is 0 Å². The summed E-state index contributed by atoms with van der Waals surface area (Å²) in [6.45, 7) is 5.15. The normalized spacial score (nSPS) is 10.3. The highest BCUT2D eigenvalue weighted by Crippen LogP contribution is 2.12. The molecule has 0 amide bonds. The van der Waals surface area contributed by atoms with E-state index in [0.29, 0.717) is 24.7 Å². The predicted molar refractivity (Wildman–Crippen MR) is 69.5 cm³/mol. The second kappa shape index (κ2) is 7.86. The minimum Gasteiger partial charge on any atom is -0.384 e. The Morgan fingerprint density at radius 2 is 2.17 bits per heavy atom. The third-order valence-electron chi connectivity index (χ3n) is 2.47. The van der Waals surface area contributed by atoms with Gasteiger partial charge < -0.3 is 9.84 Å². The molecule has 0 aliphatic carbocycles. The molecule has 98 valence electrons. The molecular formula is C15H19FO2. The van der Waals surface area contributed by atoms with E-state index < -0.39 is 0 Å². The van der Waals surface area contributed by atoms with Gasteiger partial charge >= 0.3 is 0 Å². The second-order valence-electron chi connectivity index (χ2n) is 4.50. The molecule has 0 unspecified atom stereocenters. The number of aliphatic hydroxyl groups excluding tert-OH is 1. The van der Waals surface area contributed by atoms with Crippen molar-refractivity contribution >= 4 is 0 Å². The predicted octanol–water partition coefficient (Wildman–Crippen LogP) is 2.73. The molecule has 1 aromatic rings. The van der Waals surface area contributed by atoms with E-state index in [-0.39, 0.29) is 12.4 Å². The van der Waals surface area contributed by atoms with Gasteiger partial charge in [0.2, 0.25) is 0 Å². The van der Waals surface area contributed by atoms with Crippen molar-refractivity contribution in [3.63, 3.8) is 0 Å². The van der Waals surface area contributed by atoms with Crippen LogP contribution in [0.4, 0.5) is 4.39 Å². The molecule has 0 aliphatic heterocycles. The summed E-state index contributed by atoms with van der Waals surface area (Å²) in [6, 6.07) is 4.43. The van der Waals surface area contributed by atoms with Gasteiger partial charge in [-0.25, -0.2) is 4.39 Å². The zero-order valence-electron chi connectivity index (χ0n) is 10.9. The number of halogens is 1. The Morgan fingerprint density at radius 1 is 1.39 bits per heavy atom. The molecule has 2 nitrogen and oxygen atoms in total. The Hall–Kier alpha value is -1.37. The Labute approximate surface area is 108 Å². The molecule has 0 saturated heterocycles. The number of aliphatic hydroxyl groups is 1. The SMILES string of the molecule is CC(C)CCOCc1ccc(F)cc1C#CCO. The molecule has 0 bridgehead atoms. The maximum absolute atomic E-state index is 13.1. The van der Waals surface area contributed by atoms with E-state index in [1.54, 1.807) is 6.07 Å². The average molecular weight is 250 g/mol. The molecule has 0 heterocycles. The topological polar surface area (TPSA) is 29.5 Å². The van der Waals surface area contributed by atoms with Crippen LogP contribution in [0.2, 0.25) is 0 Å². The minimum atomic E-state index is -0.330. The highest BCUT2D eigenvalue weighted by Gasteiger charge is 2.03. The lowest BCUT2D eigenvalue weighted by atomic mass is 10.1. The van der Waals surface area contributed by atoms with Crippen molar-refractivity contribution in [2.75, 3.05) is 13.2 Å². The number of hydrogen-bond acceptors (Lipinski definition) is 2. The van der Waals surface area contributed by atoms with E-state index in [0.717, 1.165) is 12.0 Å². The molecule has 1 aromatic carbocycles. The van der Waals surface area contributed by atoms with Crippen molar-refractivity contribution in [2.24, 2.45) is 5.92 Å². The molecule has 0 atom stereocenters. The summed E-state index contributed by atoms with van der Waals surface area (Å²) in [4.78, 5) is 0. The monoisotopic (exact) mass is 250 g/mol. The van der Waals surface area contributed by atoms with Gasteiger partial charge in [-0.2, -0.15) is 0 Å². The van der Waals surface area contributed by atoms with Crippen LogP contribution in [-0.4, -0.2) is 18.3 Å². The molecular weight excluding hydrogens is 231 g/mol. The van der Waals surface area contributed by atoms with Crippen LogP contribution in [0, 0.1) is 23.6 Å². The van der Waals surface area contributed by atoms with Gasteiger partial charge in [-0.05, 0) is 30.0 Å². The quantitative estimate of drug-likeness (QED) is 0.643. The van der Waals surface area contributed by atoms with Crippen LogP contribution in [0.25, 0.3) is 0 Å². The molecule has 1 N–H and O–H groups in total. The van der Waals surface area contributed by atoms with Crippen molar-refractivity contribution < 1.29 is 14.2 Å². The lowest BCUT2D eigenvalue weighted by molar-refractivity contribution is 0.110. The summed E-state index contributed by atoms with van der Waals surface area (Å²) < 4.78 is 18.6. The van der Waals surface area contributed by atoms with E-state index in [2.05, 4.69) is 25.7 Å². The maximum Gasteiger partial charge on any atom is 0.124 e. The first kappa shape index (κ1) is 14.7. The number of ether oxygens (including phenoxy) is 1. The molecule has 0 fully saturated rings. The fraction of sp³-hybridized carbons (Fsp3) is 0.467. The zero-order valence-corrected chi connectivity index (χ0v) is 10.9. The van der Waals surface area contributed by atoms with Crippen molar-refractivity contribution in [1.82, 2.24) is 0 Å². The third kappa shape index (κ3) is 5.31. The molecule has 3 heteroatoms. The van der Waals surface area contributed by atoms with Gasteiger partial charge in [-0.3, -0.25) is 0 Å². The van der Waals surface area contributed by atoms with Crippen LogP contribution in [0.15, 0.2) is 18.2 Å². The first-order valence-corrected chi connectivity index (χ1v) is 6.09. The Kier molecular flexibility index (Phi) is 6.42. The number of hydrogen-bond donors (Lipinski definition) is 1. The van der Waals surface area contributed by atoms with E-state index in [4.69, 9.17) is 9.84 Å². The molecule has 0 spiro atoms. The highest BCUT2D eigenvalue weighted by molar-refractivity contribution is 5.41. The average Bonchev–Trinajstić information content (AvgIpc) is 2.33. The van der Waals surface area contributed by atoms with Gasteiger partial charge in [-0.15, -0.1) is 0 Å². The molecule has 0 aromatic heterocycles. The van der Waals surface area contributed by atoms with Crippen LogP contribution in [0.5, 0.6) is 0 Å². The van der Waals surface area contributed by atoms with E-state index >= 15 is 0 Å². The van der Waals surface area contributed by atoms with E-state index in [1.165, 1.54) is 12.1 Å². The van der Waals surface area contributed by atoms with Gasteiger partial charge in [0, 0.05) is 12.2 Å². The van der Waals surface area contributed by atoms with Crippen LogP contribution in [0.1, 0.15) is 31.4 Å². The van der Waals surface area contributed by atoms with E-state index in [9.17, 15) is 4.39 Å². The van der Waals surface area contributed by atoms with Crippen molar-refractivity contribution in [3.8, 4) is 11.8 Å². The number of benzene rings is 1. The molecule has 1 rings (SSSR count).